The molecule has 0 aliphatic carbocycles. The predicted molar refractivity (Wildman–Crippen MR) is 53.4 cm³/mol. The van der Waals surface area contributed by atoms with Crippen molar-refractivity contribution in [2.45, 2.75) is 13.3 Å². The first-order chi connectivity index (χ1) is 7.67. The largest absolute Gasteiger partial charge is 0.461 e. The van der Waals surface area contributed by atoms with E-state index in [0.717, 1.165) is 10.3 Å². The molecule has 16 heavy (non-hydrogen) atoms. The average molecular weight is 225 g/mol. The first kappa shape index (κ1) is 12.0. The summed E-state index contributed by atoms with van der Waals surface area (Å²) in [6.07, 6.45) is 2.97. The van der Waals surface area contributed by atoms with E-state index in [0.29, 0.717) is 0 Å². The second-order valence-corrected chi connectivity index (χ2v) is 3.03. The number of esters is 1. The molecule has 6 nitrogen and oxygen atoms in total. The molecule has 0 saturated heterocycles. The quantitative estimate of drug-likeness (QED) is 0.191. The molecule has 1 heterocycles. The smallest absolute Gasteiger partial charge is 0.356 e. The van der Waals surface area contributed by atoms with Crippen LogP contribution in [0, 0.1) is 0 Å². The number of ether oxygens (including phenoxy) is 1. The van der Waals surface area contributed by atoms with Gasteiger partial charge in [0, 0.05) is 23.3 Å². The van der Waals surface area contributed by atoms with Crippen LogP contribution in [0.1, 0.15) is 12.5 Å². The summed E-state index contributed by atoms with van der Waals surface area (Å²) in [7, 11) is 0. The lowest BCUT2D eigenvalue weighted by molar-refractivity contribution is -0.904. The molecular weight excluding hydrogens is 212 g/mol. The van der Waals surface area contributed by atoms with E-state index < -0.39 is 5.97 Å². The minimum absolute atomic E-state index is 0.0717. The maximum absolute atomic E-state index is 11.3. The first-order valence-electron chi connectivity index (χ1n) is 4.75. The molecule has 2 N–H and O–H groups in total. The van der Waals surface area contributed by atoms with Crippen molar-refractivity contribution in [3.8, 4) is 0 Å². The highest BCUT2D eigenvalue weighted by Crippen LogP contribution is 2.00. The van der Waals surface area contributed by atoms with Crippen LogP contribution in [0.15, 0.2) is 29.7 Å². The van der Waals surface area contributed by atoms with Crippen molar-refractivity contribution in [1.82, 2.24) is 0 Å². The number of hydrogen-bond acceptors (Lipinski definition) is 5. The summed E-state index contributed by atoms with van der Waals surface area (Å²) < 4.78 is 5.59. The van der Waals surface area contributed by atoms with Gasteiger partial charge in [0.1, 0.15) is 0 Å². The average Bonchev–Trinajstić information content (AvgIpc) is 2.28. The van der Waals surface area contributed by atoms with Crippen LogP contribution in [-0.2, 0) is 16.0 Å². The topological polar surface area (TPSA) is 83.0 Å². The third kappa shape index (κ3) is 3.23. The summed E-state index contributed by atoms with van der Waals surface area (Å²) in [5.74, 6) is -0.647. The van der Waals surface area contributed by atoms with Gasteiger partial charge in [-0.25, -0.2) is 4.79 Å². The number of hydrogen-bond donors (Lipinski definition) is 2. The molecule has 0 radical (unpaired) electrons. The fraction of sp³-hybridized carbons (Fsp3) is 0.300. The van der Waals surface area contributed by atoms with Crippen molar-refractivity contribution >= 4 is 11.7 Å². The van der Waals surface area contributed by atoms with E-state index in [1.54, 1.807) is 19.1 Å². The second kappa shape index (κ2) is 5.69. The molecule has 86 valence electrons. The number of carbonyl (C=O) groups is 1. The van der Waals surface area contributed by atoms with E-state index in [2.05, 4.69) is 5.16 Å². The van der Waals surface area contributed by atoms with Crippen LogP contribution >= 0.6 is 0 Å². The molecule has 0 bridgehead atoms. The van der Waals surface area contributed by atoms with Crippen LogP contribution < -0.4 is 4.73 Å². The van der Waals surface area contributed by atoms with Gasteiger partial charge in [-0.3, -0.25) is 5.21 Å². The summed E-state index contributed by atoms with van der Waals surface area (Å²) in [5, 5.41) is 20.6. The highest BCUT2D eigenvalue weighted by molar-refractivity contribution is 6.36. The molecular formula is C10H13N2O4+. The SMILES string of the molecule is CCOC(=O)/C(Cc1cc[n+](O)cc1)=N/O. The molecule has 0 aliphatic heterocycles. The fourth-order valence-corrected chi connectivity index (χ4v) is 1.12. The molecule has 0 unspecified atom stereocenters. The van der Waals surface area contributed by atoms with Crippen LogP contribution in [0.5, 0.6) is 0 Å². The second-order valence-electron chi connectivity index (χ2n) is 3.03. The molecule has 0 amide bonds. The van der Waals surface area contributed by atoms with E-state index in [4.69, 9.17) is 15.2 Å². The molecule has 0 saturated carbocycles. The molecule has 0 fully saturated rings. The number of aromatic nitrogens is 1. The summed E-state index contributed by atoms with van der Waals surface area (Å²) in [6, 6.07) is 3.20. The van der Waals surface area contributed by atoms with E-state index in [1.807, 2.05) is 0 Å². The third-order valence-corrected chi connectivity index (χ3v) is 1.89. The number of carbonyl (C=O) groups excluding carboxylic acids is 1. The number of rotatable bonds is 4. The minimum atomic E-state index is -0.647. The Morgan fingerprint density at radius 2 is 2.12 bits per heavy atom. The maximum atomic E-state index is 11.3. The van der Waals surface area contributed by atoms with Gasteiger partial charge in [0.15, 0.2) is 5.71 Å². The summed E-state index contributed by atoms with van der Waals surface area (Å²) in [6.45, 7) is 1.90. The molecule has 0 atom stereocenters. The monoisotopic (exact) mass is 225 g/mol. The molecule has 0 aliphatic rings. The Hall–Kier alpha value is -2.11. The van der Waals surface area contributed by atoms with Crippen molar-refractivity contribution in [2.24, 2.45) is 5.16 Å². The molecule has 1 aromatic rings. The van der Waals surface area contributed by atoms with Crippen LogP contribution in [0.2, 0.25) is 0 Å². The zero-order valence-electron chi connectivity index (χ0n) is 8.83. The standard InChI is InChI=1S/C10H12N2O4/c1-2-16-10(13)9(11-14)7-8-3-5-12(15)6-4-8/h3-6H,2,7H2,1H3,(H-,13,14,15)/p+1. The summed E-state index contributed by atoms with van der Waals surface area (Å²) in [5.41, 5.74) is 0.656. The van der Waals surface area contributed by atoms with Gasteiger partial charge in [-0.1, -0.05) is 5.16 Å². The van der Waals surface area contributed by atoms with E-state index in [9.17, 15) is 4.79 Å². The lowest BCUT2D eigenvalue weighted by atomic mass is 10.1. The van der Waals surface area contributed by atoms with Crippen molar-refractivity contribution in [1.29, 1.82) is 0 Å². The van der Waals surface area contributed by atoms with E-state index in [-0.39, 0.29) is 18.7 Å². The zero-order valence-corrected chi connectivity index (χ0v) is 8.83. The summed E-state index contributed by atoms with van der Waals surface area (Å²) >= 11 is 0. The normalized spacial score (nSPS) is 11.2. The Morgan fingerprint density at radius 3 is 2.62 bits per heavy atom. The van der Waals surface area contributed by atoms with Crippen molar-refractivity contribution in [3.63, 3.8) is 0 Å². The van der Waals surface area contributed by atoms with Gasteiger partial charge in [-0.15, -0.1) is 0 Å². The molecule has 1 rings (SSSR count). The maximum Gasteiger partial charge on any atom is 0.356 e. The highest BCUT2D eigenvalue weighted by atomic mass is 16.5. The summed E-state index contributed by atoms with van der Waals surface area (Å²) in [4.78, 5) is 11.3. The van der Waals surface area contributed by atoms with Gasteiger partial charge in [-0.05, 0) is 12.5 Å². The third-order valence-electron chi connectivity index (χ3n) is 1.89. The van der Waals surface area contributed by atoms with Gasteiger partial charge < -0.3 is 9.94 Å². The van der Waals surface area contributed by atoms with Gasteiger partial charge in [0.25, 0.3) is 0 Å². The minimum Gasteiger partial charge on any atom is -0.461 e. The molecule has 6 heteroatoms. The molecule has 0 spiro atoms. The number of oxime groups is 1. The Bertz CT molecular complexity index is 386. The zero-order chi connectivity index (χ0) is 12.0. The Labute approximate surface area is 92.4 Å². The lowest BCUT2D eigenvalue weighted by Gasteiger charge is -2.02. The molecule has 1 aromatic heterocycles. The van der Waals surface area contributed by atoms with Crippen LogP contribution in [0.4, 0.5) is 0 Å². The lowest BCUT2D eigenvalue weighted by Crippen LogP contribution is -2.28. The first-order valence-corrected chi connectivity index (χ1v) is 4.75. The number of nitrogens with zero attached hydrogens (tertiary/aromatic N) is 2. The van der Waals surface area contributed by atoms with Crippen LogP contribution in [0.3, 0.4) is 0 Å². The van der Waals surface area contributed by atoms with E-state index >= 15 is 0 Å². The van der Waals surface area contributed by atoms with Crippen LogP contribution in [0.25, 0.3) is 0 Å². The predicted octanol–water partition coefficient (Wildman–Crippen LogP) is 0.147. The van der Waals surface area contributed by atoms with Gasteiger partial charge in [0.2, 0.25) is 12.4 Å². The van der Waals surface area contributed by atoms with E-state index in [1.165, 1.54) is 12.4 Å². The Morgan fingerprint density at radius 1 is 1.50 bits per heavy atom. The molecule has 0 aromatic carbocycles. The number of pyridine rings is 1. The van der Waals surface area contributed by atoms with Gasteiger partial charge in [0.05, 0.1) is 6.61 Å². The highest BCUT2D eigenvalue weighted by Gasteiger charge is 2.14. The Kier molecular flexibility index (Phi) is 4.26. The van der Waals surface area contributed by atoms with Gasteiger partial charge >= 0.3 is 5.97 Å². The van der Waals surface area contributed by atoms with Crippen molar-refractivity contribution in [2.75, 3.05) is 6.61 Å². The Balaban J connectivity index is 2.71. The van der Waals surface area contributed by atoms with Crippen molar-refractivity contribution < 1.29 is 24.7 Å². The van der Waals surface area contributed by atoms with Crippen molar-refractivity contribution in [3.05, 3.63) is 30.1 Å². The van der Waals surface area contributed by atoms with Crippen LogP contribution in [-0.4, -0.2) is 28.7 Å². The van der Waals surface area contributed by atoms with Gasteiger partial charge in [-0.2, -0.15) is 0 Å². The fourth-order valence-electron chi connectivity index (χ4n) is 1.12.